The lowest BCUT2D eigenvalue weighted by molar-refractivity contribution is 0.175. The summed E-state index contributed by atoms with van der Waals surface area (Å²) in [5.74, 6) is 1.56. The van der Waals surface area contributed by atoms with Gasteiger partial charge in [0, 0.05) is 36.4 Å². The Hall–Kier alpha value is -4.15. The molecule has 6 nitrogen and oxygen atoms in total. The summed E-state index contributed by atoms with van der Waals surface area (Å²) in [5.41, 5.74) is 6.64. The van der Waals surface area contributed by atoms with Gasteiger partial charge in [0.25, 0.3) is 0 Å². The van der Waals surface area contributed by atoms with Gasteiger partial charge in [-0.3, -0.25) is 0 Å². The van der Waals surface area contributed by atoms with Crippen LogP contribution in [0.15, 0.2) is 60.2 Å². The minimum absolute atomic E-state index is 0.269. The van der Waals surface area contributed by atoms with E-state index in [1.807, 2.05) is 30.3 Å². The number of allylic oxidation sites excluding steroid dienone is 1. The Morgan fingerprint density at radius 1 is 1.14 bits per heavy atom. The highest BCUT2D eigenvalue weighted by atomic mass is 19.1. The average Bonchev–Trinajstić information content (AvgIpc) is 3.12. The third-order valence-corrected chi connectivity index (χ3v) is 6.23. The van der Waals surface area contributed by atoms with E-state index in [0.29, 0.717) is 35.8 Å². The molecule has 0 bridgehead atoms. The Morgan fingerprint density at radius 2 is 1.97 bits per heavy atom. The van der Waals surface area contributed by atoms with Crippen LogP contribution in [0.1, 0.15) is 35.0 Å². The molecule has 0 saturated carbocycles. The number of imidazole rings is 1. The van der Waals surface area contributed by atoms with Crippen molar-refractivity contribution in [2.24, 2.45) is 0 Å². The lowest BCUT2D eigenvalue weighted by atomic mass is 9.90. The first-order chi connectivity index (χ1) is 17.0. The Balaban J connectivity index is 1.60. The third-order valence-electron chi connectivity index (χ3n) is 6.23. The van der Waals surface area contributed by atoms with E-state index >= 15 is 0 Å². The molecule has 1 aliphatic rings. The maximum Gasteiger partial charge on any atom is 0.146 e. The summed E-state index contributed by atoms with van der Waals surface area (Å²) in [6, 6.07) is 18.7. The molecular weight excluding hydrogens is 445 g/mol. The number of rotatable bonds is 5. The maximum absolute atomic E-state index is 13.9. The zero-order valence-corrected chi connectivity index (χ0v) is 19.8. The number of nitriles is 1. The van der Waals surface area contributed by atoms with Crippen LogP contribution in [0.25, 0.3) is 16.6 Å². The van der Waals surface area contributed by atoms with Crippen molar-refractivity contribution in [2.75, 3.05) is 14.2 Å². The highest BCUT2D eigenvalue weighted by molar-refractivity contribution is 5.88. The second-order valence-electron chi connectivity index (χ2n) is 8.41. The van der Waals surface area contributed by atoms with Crippen LogP contribution in [-0.2, 0) is 24.5 Å². The van der Waals surface area contributed by atoms with Gasteiger partial charge in [0.05, 0.1) is 18.7 Å². The fourth-order valence-electron chi connectivity index (χ4n) is 4.62. The number of para-hydroxylation sites is 1. The SMILES string of the molecule is COCc1nc2c(OC)cccc2n1Cc1ccc2c(c1)COc1cc(F)ccc1/C2=C(\C)C#N. The smallest absolute Gasteiger partial charge is 0.146 e. The number of benzene rings is 3. The van der Waals surface area contributed by atoms with E-state index < -0.39 is 0 Å². The van der Waals surface area contributed by atoms with Gasteiger partial charge in [0.15, 0.2) is 0 Å². The van der Waals surface area contributed by atoms with Crippen molar-refractivity contribution >= 4 is 16.6 Å². The van der Waals surface area contributed by atoms with Crippen LogP contribution in [0.3, 0.4) is 0 Å². The molecule has 0 atom stereocenters. The van der Waals surface area contributed by atoms with E-state index in [4.69, 9.17) is 19.2 Å². The predicted octanol–water partition coefficient (Wildman–Crippen LogP) is 5.62. The van der Waals surface area contributed by atoms with Gasteiger partial charge in [-0.05, 0) is 53.9 Å². The maximum atomic E-state index is 13.9. The predicted molar refractivity (Wildman–Crippen MR) is 131 cm³/mol. The summed E-state index contributed by atoms with van der Waals surface area (Å²) in [7, 11) is 3.28. The van der Waals surface area contributed by atoms with Crippen molar-refractivity contribution in [1.82, 2.24) is 9.55 Å². The van der Waals surface area contributed by atoms with Crippen molar-refractivity contribution in [3.8, 4) is 17.6 Å². The van der Waals surface area contributed by atoms with Crippen LogP contribution in [0, 0.1) is 17.1 Å². The molecule has 0 N–H and O–H groups in total. The molecule has 7 heteroatoms. The minimum atomic E-state index is -0.377. The topological polar surface area (TPSA) is 69.3 Å². The van der Waals surface area contributed by atoms with Gasteiger partial charge in [-0.15, -0.1) is 0 Å². The highest BCUT2D eigenvalue weighted by Gasteiger charge is 2.23. The van der Waals surface area contributed by atoms with E-state index in [2.05, 4.69) is 16.7 Å². The van der Waals surface area contributed by atoms with Gasteiger partial charge in [0.1, 0.15) is 41.9 Å². The van der Waals surface area contributed by atoms with E-state index in [1.165, 1.54) is 12.1 Å². The lowest BCUT2D eigenvalue weighted by Gasteiger charge is -2.14. The lowest BCUT2D eigenvalue weighted by Crippen LogP contribution is -2.07. The van der Waals surface area contributed by atoms with Crippen LogP contribution < -0.4 is 9.47 Å². The van der Waals surface area contributed by atoms with Crippen molar-refractivity contribution in [1.29, 1.82) is 5.26 Å². The molecule has 3 aromatic carbocycles. The number of nitrogens with zero attached hydrogens (tertiary/aromatic N) is 3. The highest BCUT2D eigenvalue weighted by Crippen LogP contribution is 2.39. The summed E-state index contributed by atoms with van der Waals surface area (Å²) in [5, 5.41) is 9.68. The molecule has 0 radical (unpaired) electrons. The van der Waals surface area contributed by atoms with Gasteiger partial charge in [-0.1, -0.05) is 18.2 Å². The fraction of sp³-hybridized carbons (Fsp3) is 0.214. The summed E-state index contributed by atoms with van der Waals surface area (Å²) in [4.78, 5) is 4.76. The second kappa shape index (κ2) is 9.24. The van der Waals surface area contributed by atoms with Gasteiger partial charge < -0.3 is 18.8 Å². The van der Waals surface area contributed by atoms with Gasteiger partial charge in [-0.2, -0.15) is 5.26 Å². The molecule has 5 rings (SSSR count). The first-order valence-corrected chi connectivity index (χ1v) is 11.2. The molecule has 0 saturated heterocycles. The number of hydrogen-bond acceptors (Lipinski definition) is 5. The molecule has 35 heavy (non-hydrogen) atoms. The molecular formula is C28H24FN3O3. The van der Waals surface area contributed by atoms with E-state index in [0.717, 1.165) is 39.1 Å². The van der Waals surface area contributed by atoms with Crippen molar-refractivity contribution in [3.05, 3.63) is 94.1 Å². The molecule has 1 aliphatic heterocycles. The van der Waals surface area contributed by atoms with Crippen LogP contribution in [0.2, 0.25) is 0 Å². The zero-order valence-electron chi connectivity index (χ0n) is 19.8. The first-order valence-electron chi connectivity index (χ1n) is 11.2. The standard InChI is InChI=1S/C28H24FN3O3/c1-17(13-30)27-21-9-7-18(11-19(21)15-35-25-12-20(29)8-10-22(25)27)14-32-23-5-4-6-24(34-3)28(23)31-26(32)16-33-2/h4-12H,14-16H2,1-3H3/b27-17+. The molecule has 0 spiro atoms. The number of aromatic nitrogens is 2. The average molecular weight is 470 g/mol. The van der Waals surface area contributed by atoms with Crippen LogP contribution >= 0.6 is 0 Å². The normalized spacial score (nSPS) is 13.9. The number of hydrogen-bond donors (Lipinski definition) is 0. The number of ether oxygens (including phenoxy) is 3. The molecule has 4 aromatic rings. The van der Waals surface area contributed by atoms with Crippen molar-refractivity contribution in [3.63, 3.8) is 0 Å². The summed E-state index contributed by atoms with van der Waals surface area (Å²) < 4.78 is 33.0. The summed E-state index contributed by atoms with van der Waals surface area (Å²) in [6.45, 7) is 2.97. The largest absolute Gasteiger partial charge is 0.494 e. The van der Waals surface area contributed by atoms with Crippen LogP contribution in [-0.4, -0.2) is 23.8 Å². The zero-order chi connectivity index (χ0) is 24.5. The Labute approximate surface area is 202 Å². The van der Waals surface area contributed by atoms with Gasteiger partial charge in [-0.25, -0.2) is 9.37 Å². The monoisotopic (exact) mass is 469 g/mol. The van der Waals surface area contributed by atoms with E-state index in [-0.39, 0.29) is 12.4 Å². The molecule has 0 aliphatic carbocycles. The molecule has 0 amide bonds. The number of methoxy groups -OCH3 is 2. The third kappa shape index (κ3) is 4.02. The molecule has 176 valence electrons. The van der Waals surface area contributed by atoms with Crippen molar-refractivity contribution < 1.29 is 18.6 Å². The van der Waals surface area contributed by atoms with Crippen LogP contribution in [0.4, 0.5) is 4.39 Å². The number of halogens is 1. The van der Waals surface area contributed by atoms with E-state index in [9.17, 15) is 9.65 Å². The molecule has 2 heterocycles. The summed E-state index contributed by atoms with van der Waals surface area (Å²) in [6.07, 6.45) is 0. The molecule has 0 fully saturated rings. The first kappa shape index (κ1) is 22.6. The Morgan fingerprint density at radius 3 is 2.74 bits per heavy atom. The Kier molecular flexibility index (Phi) is 5.98. The number of fused-ring (bicyclic) bond motifs is 3. The summed E-state index contributed by atoms with van der Waals surface area (Å²) >= 11 is 0. The Bertz CT molecular complexity index is 1510. The second-order valence-corrected chi connectivity index (χ2v) is 8.41. The van der Waals surface area contributed by atoms with Crippen molar-refractivity contribution in [2.45, 2.75) is 26.7 Å². The quantitative estimate of drug-likeness (QED) is 0.355. The molecule has 1 aromatic heterocycles. The van der Waals surface area contributed by atoms with Gasteiger partial charge in [0.2, 0.25) is 0 Å². The van der Waals surface area contributed by atoms with E-state index in [1.54, 1.807) is 27.2 Å². The minimum Gasteiger partial charge on any atom is -0.494 e. The fourth-order valence-corrected chi connectivity index (χ4v) is 4.62. The van der Waals surface area contributed by atoms with Gasteiger partial charge >= 0.3 is 0 Å². The molecule has 0 unspecified atom stereocenters. The van der Waals surface area contributed by atoms with Crippen LogP contribution in [0.5, 0.6) is 11.5 Å².